The van der Waals surface area contributed by atoms with Crippen LogP contribution >= 0.6 is 0 Å². The molecule has 0 saturated heterocycles. The third-order valence-corrected chi connectivity index (χ3v) is 4.67. The van der Waals surface area contributed by atoms with Crippen molar-refractivity contribution in [2.45, 2.75) is 32.7 Å². The van der Waals surface area contributed by atoms with Gasteiger partial charge in [0.25, 0.3) is 11.8 Å². The summed E-state index contributed by atoms with van der Waals surface area (Å²) in [6.45, 7) is 4.98. The Bertz CT molecular complexity index is 1020. The van der Waals surface area contributed by atoms with E-state index in [1.807, 2.05) is 0 Å². The molecule has 0 radical (unpaired) electrons. The Morgan fingerprint density at radius 1 is 1.23 bits per heavy atom. The topological polar surface area (TPSA) is 88.8 Å². The lowest BCUT2D eigenvalue weighted by Gasteiger charge is -2.29. The number of anilines is 1. The van der Waals surface area contributed by atoms with Gasteiger partial charge in [0.2, 0.25) is 5.95 Å². The van der Waals surface area contributed by atoms with Gasteiger partial charge < -0.3 is 10.2 Å². The maximum Gasteiger partial charge on any atom is 0.273 e. The third kappa shape index (κ3) is 5.16. The first-order valence-electron chi connectivity index (χ1n) is 9.62. The predicted octanol–water partition coefficient (Wildman–Crippen LogP) is 3.27. The lowest BCUT2D eigenvalue weighted by Crippen LogP contribution is -2.42. The van der Waals surface area contributed by atoms with Gasteiger partial charge in [0.05, 0.1) is 29.2 Å². The minimum absolute atomic E-state index is 0.121. The van der Waals surface area contributed by atoms with Crippen LogP contribution in [0, 0.1) is 5.82 Å². The summed E-state index contributed by atoms with van der Waals surface area (Å²) in [5, 5.41) is 11.0. The van der Waals surface area contributed by atoms with E-state index in [0.29, 0.717) is 12.2 Å². The molecule has 0 aliphatic carbocycles. The van der Waals surface area contributed by atoms with Crippen LogP contribution in [0.4, 0.5) is 19.1 Å². The summed E-state index contributed by atoms with van der Waals surface area (Å²) in [5.74, 6) is -3.81. The molecule has 3 aromatic rings. The van der Waals surface area contributed by atoms with E-state index >= 15 is 0 Å². The SMILES string of the molecule is CCN(C(=O)c1cc(F)ccc1-n1nccn1)C(C)CNc1ncc(C(C)(F)F)cn1. The number of aromatic nitrogens is 5. The first-order chi connectivity index (χ1) is 14.7. The number of likely N-dealkylation sites (N-methyl/N-ethyl adjacent to an activating group) is 1. The van der Waals surface area contributed by atoms with E-state index in [1.54, 1.807) is 18.7 Å². The molecule has 1 atom stereocenters. The van der Waals surface area contributed by atoms with Crippen LogP contribution in [0.3, 0.4) is 0 Å². The van der Waals surface area contributed by atoms with Gasteiger partial charge in [-0.3, -0.25) is 4.79 Å². The van der Waals surface area contributed by atoms with Crippen molar-refractivity contribution in [1.29, 1.82) is 0 Å². The molecule has 164 valence electrons. The fourth-order valence-electron chi connectivity index (χ4n) is 3.00. The van der Waals surface area contributed by atoms with Crippen LogP contribution in [0.5, 0.6) is 0 Å². The fourth-order valence-corrected chi connectivity index (χ4v) is 3.00. The molecule has 2 aromatic heterocycles. The number of hydrogen-bond acceptors (Lipinski definition) is 6. The monoisotopic (exact) mass is 433 g/mol. The molecular weight excluding hydrogens is 411 g/mol. The van der Waals surface area contributed by atoms with E-state index in [1.165, 1.54) is 29.3 Å². The van der Waals surface area contributed by atoms with Crippen LogP contribution in [0.2, 0.25) is 0 Å². The summed E-state index contributed by atoms with van der Waals surface area (Å²) in [5.41, 5.74) is 0.187. The maximum atomic E-state index is 13.9. The number of carbonyl (C=O) groups excluding carboxylic acids is 1. The summed E-state index contributed by atoms with van der Waals surface area (Å²) in [6, 6.07) is 3.49. The van der Waals surface area contributed by atoms with E-state index in [2.05, 4.69) is 25.5 Å². The molecule has 1 amide bonds. The van der Waals surface area contributed by atoms with Gasteiger partial charge in [0.1, 0.15) is 5.82 Å². The van der Waals surface area contributed by atoms with Gasteiger partial charge in [-0.15, -0.1) is 0 Å². The smallest absolute Gasteiger partial charge is 0.273 e. The Balaban J connectivity index is 1.74. The number of rotatable bonds is 8. The molecule has 31 heavy (non-hydrogen) atoms. The second-order valence-corrected chi connectivity index (χ2v) is 6.98. The molecule has 1 unspecified atom stereocenters. The number of nitrogens with one attached hydrogen (secondary N) is 1. The largest absolute Gasteiger partial charge is 0.352 e. The van der Waals surface area contributed by atoms with Crippen molar-refractivity contribution in [2.24, 2.45) is 0 Å². The normalized spacial score (nSPS) is 12.5. The zero-order valence-electron chi connectivity index (χ0n) is 17.3. The Labute approximate surface area is 177 Å². The second kappa shape index (κ2) is 9.11. The number of nitrogens with zero attached hydrogens (tertiary/aromatic N) is 6. The molecule has 0 aliphatic rings. The second-order valence-electron chi connectivity index (χ2n) is 6.98. The van der Waals surface area contributed by atoms with E-state index in [4.69, 9.17) is 0 Å². The molecule has 0 aliphatic heterocycles. The first-order valence-corrected chi connectivity index (χ1v) is 9.62. The Hall–Kier alpha value is -3.50. The van der Waals surface area contributed by atoms with Gasteiger partial charge in [-0.05, 0) is 32.0 Å². The molecular formula is C20H22F3N7O. The third-order valence-electron chi connectivity index (χ3n) is 4.67. The Morgan fingerprint density at radius 3 is 2.45 bits per heavy atom. The number of alkyl halides is 2. The van der Waals surface area contributed by atoms with E-state index in [9.17, 15) is 18.0 Å². The highest BCUT2D eigenvalue weighted by Gasteiger charge is 2.26. The van der Waals surface area contributed by atoms with E-state index in [-0.39, 0.29) is 29.7 Å². The van der Waals surface area contributed by atoms with Crippen molar-refractivity contribution < 1.29 is 18.0 Å². The first kappa shape index (κ1) is 22.2. The minimum atomic E-state index is -3.02. The van der Waals surface area contributed by atoms with Gasteiger partial charge in [0, 0.05) is 38.4 Å². The van der Waals surface area contributed by atoms with E-state index < -0.39 is 17.6 Å². The van der Waals surface area contributed by atoms with Gasteiger partial charge in [-0.25, -0.2) is 23.1 Å². The van der Waals surface area contributed by atoms with Crippen molar-refractivity contribution in [3.05, 3.63) is 59.9 Å². The molecule has 8 nitrogen and oxygen atoms in total. The van der Waals surface area contributed by atoms with Crippen molar-refractivity contribution >= 4 is 11.9 Å². The number of carbonyl (C=O) groups is 1. The van der Waals surface area contributed by atoms with E-state index in [0.717, 1.165) is 25.4 Å². The quantitative estimate of drug-likeness (QED) is 0.587. The average Bonchev–Trinajstić information content (AvgIpc) is 3.27. The van der Waals surface area contributed by atoms with Crippen LogP contribution in [0.15, 0.2) is 43.0 Å². The van der Waals surface area contributed by atoms with Crippen molar-refractivity contribution in [3.63, 3.8) is 0 Å². The summed E-state index contributed by atoms with van der Waals surface area (Å²) >= 11 is 0. The van der Waals surface area contributed by atoms with Crippen molar-refractivity contribution in [1.82, 2.24) is 29.9 Å². The van der Waals surface area contributed by atoms with Crippen LogP contribution in [0.1, 0.15) is 36.7 Å². The molecule has 2 heterocycles. The molecule has 1 N–H and O–H groups in total. The number of hydrogen-bond donors (Lipinski definition) is 1. The lowest BCUT2D eigenvalue weighted by atomic mass is 10.1. The molecule has 0 bridgehead atoms. The summed E-state index contributed by atoms with van der Waals surface area (Å²) in [6.07, 6.45) is 5.03. The number of benzene rings is 1. The Morgan fingerprint density at radius 2 is 1.87 bits per heavy atom. The molecule has 0 saturated carbocycles. The average molecular weight is 433 g/mol. The van der Waals surface area contributed by atoms with Crippen LogP contribution in [-0.2, 0) is 5.92 Å². The number of amides is 1. The predicted molar refractivity (Wildman–Crippen MR) is 108 cm³/mol. The van der Waals surface area contributed by atoms with Gasteiger partial charge >= 0.3 is 0 Å². The molecule has 3 rings (SSSR count). The standard InChI is InChI=1S/C20H22F3N7O/c1-4-29(13(2)10-24-19-25-11-14(12-26-19)20(3,22)23)18(31)16-9-15(21)5-6-17(16)30-27-7-8-28-30/h5-9,11-13H,4,10H2,1-3H3,(H,24,25,26). The van der Waals surface area contributed by atoms with Gasteiger partial charge in [0.15, 0.2) is 0 Å². The summed E-state index contributed by atoms with van der Waals surface area (Å²) < 4.78 is 40.5. The van der Waals surface area contributed by atoms with Gasteiger partial charge in [-0.2, -0.15) is 15.0 Å². The van der Waals surface area contributed by atoms with Gasteiger partial charge in [-0.1, -0.05) is 0 Å². The molecule has 0 fully saturated rings. The van der Waals surface area contributed by atoms with Crippen LogP contribution < -0.4 is 5.32 Å². The molecule has 1 aromatic carbocycles. The zero-order chi connectivity index (χ0) is 22.6. The fraction of sp³-hybridized carbons (Fsp3) is 0.350. The highest BCUT2D eigenvalue weighted by atomic mass is 19.3. The highest BCUT2D eigenvalue weighted by molar-refractivity contribution is 5.98. The molecule has 11 heteroatoms. The van der Waals surface area contributed by atoms with Crippen LogP contribution in [-0.4, -0.2) is 54.9 Å². The zero-order valence-corrected chi connectivity index (χ0v) is 17.3. The van der Waals surface area contributed by atoms with Crippen molar-refractivity contribution in [3.8, 4) is 5.69 Å². The Kier molecular flexibility index (Phi) is 6.52. The highest BCUT2D eigenvalue weighted by Crippen LogP contribution is 2.25. The summed E-state index contributed by atoms with van der Waals surface area (Å²) in [7, 11) is 0. The minimum Gasteiger partial charge on any atom is -0.352 e. The maximum absolute atomic E-state index is 13.9. The molecule has 0 spiro atoms. The van der Waals surface area contributed by atoms with Crippen molar-refractivity contribution in [2.75, 3.05) is 18.4 Å². The lowest BCUT2D eigenvalue weighted by molar-refractivity contribution is 0.0167. The summed E-state index contributed by atoms with van der Waals surface area (Å²) in [4.78, 5) is 23.8. The van der Waals surface area contributed by atoms with Crippen LogP contribution in [0.25, 0.3) is 5.69 Å². The number of halogens is 3.